The summed E-state index contributed by atoms with van der Waals surface area (Å²) in [6.07, 6.45) is 2.82. The zero-order chi connectivity index (χ0) is 16.2. The van der Waals surface area contributed by atoms with Crippen LogP contribution in [0.1, 0.15) is 5.56 Å². The fourth-order valence-corrected chi connectivity index (χ4v) is 4.00. The van der Waals surface area contributed by atoms with E-state index in [0.29, 0.717) is 10.9 Å². The quantitative estimate of drug-likeness (QED) is 0.615. The number of rotatable bonds is 4. The zero-order valence-electron chi connectivity index (χ0n) is 13.3. The van der Waals surface area contributed by atoms with E-state index in [0.717, 1.165) is 37.5 Å². The maximum atomic E-state index is 12.6. The lowest BCUT2D eigenvalue weighted by molar-refractivity contribution is -0.122. The van der Waals surface area contributed by atoms with Crippen molar-refractivity contribution in [2.75, 3.05) is 39.8 Å². The number of hydrogen-bond donors (Lipinski definition) is 0. The SMILES string of the molecule is CN1CCN(C=C2SC(=S)N(CCc3ccccc3)C2=O)CC1. The van der Waals surface area contributed by atoms with Gasteiger partial charge in [0.1, 0.15) is 4.32 Å². The first-order valence-electron chi connectivity index (χ1n) is 7.85. The Hall–Kier alpha value is -1.37. The Balaban J connectivity index is 1.61. The Labute approximate surface area is 147 Å². The van der Waals surface area contributed by atoms with Crippen LogP contribution < -0.4 is 0 Å². The second-order valence-electron chi connectivity index (χ2n) is 5.89. The molecule has 3 rings (SSSR count). The summed E-state index contributed by atoms with van der Waals surface area (Å²) < 4.78 is 0.673. The van der Waals surface area contributed by atoms with Gasteiger partial charge in [-0.25, -0.2) is 0 Å². The summed E-state index contributed by atoms with van der Waals surface area (Å²) >= 11 is 6.82. The molecule has 122 valence electrons. The lowest BCUT2D eigenvalue weighted by Gasteiger charge is -2.31. The number of benzene rings is 1. The van der Waals surface area contributed by atoms with Crippen LogP contribution in [-0.2, 0) is 11.2 Å². The van der Waals surface area contributed by atoms with E-state index in [1.54, 1.807) is 4.90 Å². The first-order chi connectivity index (χ1) is 11.1. The summed E-state index contributed by atoms with van der Waals surface area (Å²) in [5.74, 6) is 0.0508. The Morgan fingerprint density at radius 2 is 1.87 bits per heavy atom. The van der Waals surface area contributed by atoms with E-state index < -0.39 is 0 Å². The highest BCUT2D eigenvalue weighted by Gasteiger charge is 2.32. The molecule has 2 aliphatic heterocycles. The van der Waals surface area contributed by atoms with Gasteiger partial charge in [0.25, 0.3) is 5.91 Å². The van der Waals surface area contributed by atoms with Crippen molar-refractivity contribution in [3.8, 4) is 0 Å². The maximum Gasteiger partial charge on any atom is 0.267 e. The molecule has 0 unspecified atom stereocenters. The number of likely N-dealkylation sites (N-methyl/N-ethyl adjacent to an activating group) is 1. The van der Waals surface area contributed by atoms with Gasteiger partial charge in [-0.05, 0) is 19.0 Å². The van der Waals surface area contributed by atoms with Crippen molar-refractivity contribution in [1.82, 2.24) is 14.7 Å². The van der Waals surface area contributed by atoms with Gasteiger partial charge in [0.15, 0.2) is 0 Å². The minimum Gasteiger partial charge on any atom is -0.374 e. The lowest BCUT2D eigenvalue weighted by Crippen LogP contribution is -2.42. The van der Waals surface area contributed by atoms with Crippen molar-refractivity contribution in [3.05, 3.63) is 47.0 Å². The summed E-state index contributed by atoms with van der Waals surface area (Å²) in [4.78, 5) is 19.6. The van der Waals surface area contributed by atoms with Crippen LogP contribution in [0.2, 0.25) is 0 Å². The minimum absolute atomic E-state index is 0.0508. The van der Waals surface area contributed by atoms with Gasteiger partial charge < -0.3 is 9.80 Å². The topological polar surface area (TPSA) is 26.8 Å². The zero-order valence-corrected chi connectivity index (χ0v) is 14.9. The molecule has 2 heterocycles. The molecule has 2 saturated heterocycles. The molecule has 1 amide bonds. The van der Waals surface area contributed by atoms with Crippen molar-refractivity contribution in [1.29, 1.82) is 0 Å². The molecule has 0 spiro atoms. The predicted molar refractivity (Wildman–Crippen MR) is 99.2 cm³/mol. The van der Waals surface area contributed by atoms with Crippen molar-refractivity contribution >= 4 is 34.2 Å². The van der Waals surface area contributed by atoms with Crippen molar-refractivity contribution in [2.45, 2.75) is 6.42 Å². The monoisotopic (exact) mass is 347 g/mol. The smallest absolute Gasteiger partial charge is 0.267 e. The number of carbonyl (C=O) groups is 1. The van der Waals surface area contributed by atoms with E-state index in [4.69, 9.17) is 12.2 Å². The fourth-order valence-electron chi connectivity index (χ4n) is 2.69. The average molecular weight is 348 g/mol. The van der Waals surface area contributed by atoms with E-state index in [-0.39, 0.29) is 5.91 Å². The molecule has 0 saturated carbocycles. The largest absolute Gasteiger partial charge is 0.374 e. The molecule has 0 radical (unpaired) electrons. The average Bonchev–Trinajstić information content (AvgIpc) is 2.82. The summed E-state index contributed by atoms with van der Waals surface area (Å²) in [7, 11) is 2.13. The molecule has 0 aliphatic carbocycles. The van der Waals surface area contributed by atoms with E-state index in [1.165, 1.54) is 17.3 Å². The molecule has 0 bridgehead atoms. The van der Waals surface area contributed by atoms with E-state index in [9.17, 15) is 4.79 Å². The number of nitrogens with zero attached hydrogens (tertiary/aromatic N) is 3. The van der Waals surface area contributed by atoms with Crippen molar-refractivity contribution in [3.63, 3.8) is 0 Å². The third kappa shape index (κ3) is 4.13. The van der Waals surface area contributed by atoms with Gasteiger partial charge >= 0.3 is 0 Å². The normalized spacial score (nSPS) is 21.5. The van der Waals surface area contributed by atoms with Gasteiger partial charge in [-0.1, -0.05) is 54.3 Å². The van der Waals surface area contributed by atoms with Crippen LogP contribution in [0.3, 0.4) is 0 Å². The molecular weight excluding hydrogens is 326 g/mol. The molecular formula is C17H21N3OS2. The van der Waals surface area contributed by atoms with Crippen LogP contribution in [0.5, 0.6) is 0 Å². The Morgan fingerprint density at radius 1 is 1.17 bits per heavy atom. The van der Waals surface area contributed by atoms with Crippen LogP contribution in [0.25, 0.3) is 0 Å². The van der Waals surface area contributed by atoms with Gasteiger partial charge in [0, 0.05) is 38.9 Å². The highest BCUT2D eigenvalue weighted by molar-refractivity contribution is 8.26. The van der Waals surface area contributed by atoms with E-state index >= 15 is 0 Å². The Kier molecular flexibility index (Phi) is 5.35. The molecule has 1 aromatic carbocycles. The first kappa shape index (κ1) is 16.5. The number of thiocarbonyl (C=S) groups is 1. The second-order valence-corrected chi connectivity index (χ2v) is 7.57. The molecule has 2 fully saturated rings. The Bertz CT molecular complexity index is 610. The number of thioether (sulfide) groups is 1. The number of hydrogen-bond acceptors (Lipinski definition) is 5. The Morgan fingerprint density at radius 3 is 2.57 bits per heavy atom. The van der Waals surface area contributed by atoms with Crippen LogP contribution in [0.4, 0.5) is 0 Å². The summed E-state index contributed by atoms with van der Waals surface area (Å²) in [5, 5.41) is 0. The van der Waals surface area contributed by atoms with Gasteiger partial charge in [-0.15, -0.1) is 0 Å². The standard InChI is InChI=1S/C17H21N3OS2/c1-18-9-11-19(12-10-18)13-15-16(21)20(17(22)23-15)8-7-14-5-3-2-4-6-14/h2-6,13H,7-12H2,1H3. The van der Waals surface area contributed by atoms with E-state index in [2.05, 4.69) is 29.0 Å². The molecule has 4 nitrogen and oxygen atoms in total. The number of amides is 1. The molecule has 6 heteroatoms. The lowest BCUT2D eigenvalue weighted by atomic mass is 10.1. The van der Waals surface area contributed by atoms with E-state index in [1.807, 2.05) is 24.4 Å². The molecule has 23 heavy (non-hydrogen) atoms. The molecule has 1 aromatic rings. The summed E-state index contributed by atoms with van der Waals surface area (Å²) in [6, 6.07) is 10.2. The highest BCUT2D eigenvalue weighted by Crippen LogP contribution is 2.31. The third-order valence-corrected chi connectivity index (χ3v) is 5.54. The van der Waals surface area contributed by atoms with Crippen molar-refractivity contribution in [2.24, 2.45) is 0 Å². The first-order valence-corrected chi connectivity index (χ1v) is 9.08. The van der Waals surface area contributed by atoms with Crippen LogP contribution in [-0.4, -0.2) is 64.7 Å². The maximum absolute atomic E-state index is 12.6. The summed E-state index contributed by atoms with van der Waals surface area (Å²) in [6.45, 7) is 4.64. The van der Waals surface area contributed by atoms with Crippen molar-refractivity contribution < 1.29 is 4.79 Å². The minimum atomic E-state index is 0.0508. The van der Waals surface area contributed by atoms with Crippen LogP contribution in [0.15, 0.2) is 41.4 Å². The van der Waals surface area contributed by atoms with Gasteiger partial charge in [0.2, 0.25) is 0 Å². The number of piperazine rings is 1. The van der Waals surface area contributed by atoms with Gasteiger partial charge in [0.05, 0.1) is 4.91 Å². The number of carbonyl (C=O) groups excluding carboxylic acids is 1. The third-order valence-electron chi connectivity index (χ3n) is 4.18. The van der Waals surface area contributed by atoms with Crippen LogP contribution in [0, 0.1) is 0 Å². The predicted octanol–water partition coefficient (Wildman–Crippen LogP) is 2.18. The second kappa shape index (κ2) is 7.47. The highest BCUT2D eigenvalue weighted by atomic mass is 32.2. The van der Waals surface area contributed by atoms with Crippen LogP contribution >= 0.6 is 24.0 Å². The molecule has 0 N–H and O–H groups in total. The summed E-state index contributed by atoms with van der Waals surface area (Å²) in [5.41, 5.74) is 1.23. The van der Waals surface area contributed by atoms with Gasteiger partial charge in [-0.2, -0.15) is 0 Å². The van der Waals surface area contributed by atoms with Gasteiger partial charge in [-0.3, -0.25) is 9.69 Å². The fraction of sp³-hybridized carbons (Fsp3) is 0.412. The molecule has 0 aromatic heterocycles. The molecule has 0 atom stereocenters. The molecule has 2 aliphatic rings.